The van der Waals surface area contributed by atoms with Gasteiger partial charge in [0.1, 0.15) is 6.04 Å². The number of aliphatic hydroxyl groups excluding tert-OH is 1. The van der Waals surface area contributed by atoms with Crippen molar-refractivity contribution >= 4 is 28.6 Å². The van der Waals surface area contributed by atoms with Gasteiger partial charge < -0.3 is 36.0 Å². The largest absolute Gasteiger partial charge is 0.380 e. The number of amides is 2. The van der Waals surface area contributed by atoms with E-state index in [2.05, 4.69) is 15.8 Å². The maximum absolute atomic E-state index is 13.5. The van der Waals surface area contributed by atoms with E-state index in [-0.39, 0.29) is 18.4 Å². The quantitative estimate of drug-likeness (QED) is 0.341. The van der Waals surface area contributed by atoms with E-state index in [9.17, 15) is 19.8 Å². The van der Waals surface area contributed by atoms with E-state index in [0.717, 1.165) is 43.1 Å². The topological polar surface area (TPSA) is 154 Å². The van der Waals surface area contributed by atoms with Crippen LogP contribution in [0.4, 0.5) is 5.82 Å². The Morgan fingerprint density at radius 1 is 1.18 bits per heavy atom. The number of nitrogen functional groups attached to an aromatic ring is 1. The number of aromatic nitrogens is 1. The minimum absolute atomic E-state index is 0.0809. The van der Waals surface area contributed by atoms with Crippen molar-refractivity contribution in [2.75, 3.05) is 18.8 Å². The predicted octanol–water partition coefficient (Wildman–Crippen LogP) is 1.26. The first-order valence-electron chi connectivity index (χ1n) is 12.2. The molecule has 2 fully saturated rings. The molecular weight excluding hydrogens is 438 g/mol. The molecule has 4 rings (SSSR count). The number of benzene rings is 1. The van der Waals surface area contributed by atoms with Gasteiger partial charge in [-0.15, -0.1) is 0 Å². The molecule has 1 saturated heterocycles. The van der Waals surface area contributed by atoms with Gasteiger partial charge in [-0.25, -0.2) is 0 Å². The van der Waals surface area contributed by atoms with Crippen molar-refractivity contribution in [2.24, 2.45) is 5.92 Å². The first-order valence-corrected chi connectivity index (χ1v) is 12.2. The van der Waals surface area contributed by atoms with Gasteiger partial charge in [0.15, 0.2) is 17.7 Å². The number of hydrogen-bond donors (Lipinski definition) is 5. The number of hydrogen-bond acceptors (Lipinski definition) is 8. The molecule has 2 heterocycles. The van der Waals surface area contributed by atoms with Crippen LogP contribution >= 0.6 is 0 Å². The van der Waals surface area contributed by atoms with Crippen molar-refractivity contribution in [3.05, 3.63) is 23.8 Å². The normalized spacial score (nSPS) is 20.2. The number of nitrogens with two attached hydrogens (primary N) is 1. The smallest absolute Gasteiger partial charge is 0.243 e. The molecule has 2 aromatic rings. The van der Waals surface area contributed by atoms with Crippen LogP contribution in [0.3, 0.4) is 0 Å². The van der Waals surface area contributed by atoms with E-state index in [4.69, 9.17) is 10.3 Å². The summed E-state index contributed by atoms with van der Waals surface area (Å²) in [4.78, 5) is 28.1. The molecule has 6 N–H and O–H groups in total. The zero-order valence-electron chi connectivity index (χ0n) is 19.4. The number of nitrogens with zero attached hydrogens (tertiary/aromatic N) is 2. The molecule has 0 bridgehead atoms. The number of carbonyl (C=O) groups is 2. The van der Waals surface area contributed by atoms with Gasteiger partial charge in [-0.1, -0.05) is 43.3 Å². The van der Waals surface area contributed by atoms with Gasteiger partial charge in [0, 0.05) is 19.6 Å². The lowest BCUT2D eigenvalue weighted by atomic mass is 9.84. The summed E-state index contributed by atoms with van der Waals surface area (Å²) in [7, 11) is 0. The van der Waals surface area contributed by atoms with E-state index < -0.39 is 18.4 Å². The minimum atomic E-state index is -1.53. The zero-order chi connectivity index (χ0) is 24.1. The van der Waals surface area contributed by atoms with Crippen molar-refractivity contribution in [1.29, 1.82) is 0 Å². The summed E-state index contributed by atoms with van der Waals surface area (Å²) in [6, 6.07) is 4.40. The summed E-state index contributed by atoms with van der Waals surface area (Å²) < 4.78 is 5.19. The molecule has 1 aromatic heterocycles. The SMILES string of the molecule is Nc1noc2cc(CNC(=O)[C@@H]3CCCN3C(=O)[C@@H](CC3CCCCC3)NCC(O)O)ccc12. The number of aliphatic hydroxyl groups is 2. The summed E-state index contributed by atoms with van der Waals surface area (Å²) in [5.41, 5.74) is 7.16. The minimum Gasteiger partial charge on any atom is -0.380 e. The van der Waals surface area contributed by atoms with Crippen molar-refractivity contribution in [2.45, 2.75) is 76.3 Å². The van der Waals surface area contributed by atoms with E-state index in [1.54, 1.807) is 11.0 Å². The molecule has 2 amide bonds. The van der Waals surface area contributed by atoms with Crippen LogP contribution in [-0.2, 0) is 16.1 Å². The van der Waals surface area contributed by atoms with Gasteiger partial charge in [-0.05, 0) is 42.9 Å². The van der Waals surface area contributed by atoms with Crippen molar-refractivity contribution in [3.63, 3.8) is 0 Å². The van der Waals surface area contributed by atoms with Crippen LogP contribution in [0.2, 0.25) is 0 Å². The molecule has 10 heteroatoms. The Labute approximate surface area is 198 Å². The molecule has 1 saturated carbocycles. The van der Waals surface area contributed by atoms with E-state index in [0.29, 0.717) is 43.2 Å². The number of rotatable bonds is 9. The van der Waals surface area contributed by atoms with Crippen molar-refractivity contribution in [3.8, 4) is 0 Å². The molecule has 1 aliphatic heterocycles. The highest BCUT2D eigenvalue weighted by Gasteiger charge is 2.37. The first-order chi connectivity index (χ1) is 16.4. The third-order valence-corrected chi connectivity index (χ3v) is 7.01. The summed E-state index contributed by atoms with van der Waals surface area (Å²) in [6.07, 6.45) is 6.19. The Hall–Kier alpha value is -2.69. The third-order valence-electron chi connectivity index (χ3n) is 7.01. The first kappa shape index (κ1) is 24.4. The lowest BCUT2D eigenvalue weighted by molar-refractivity contribution is -0.141. The summed E-state index contributed by atoms with van der Waals surface area (Å²) in [5.74, 6) is 0.431. The Bertz CT molecular complexity index is 987. The van der Waals surface area contributed by atoms with E-state index >= 15 is 0 Å². The predicted molar refractivity (Wildman–Crippen MR) is 126 cm³/mol. The molecule has 1 aliphatic carbocycles. The average Bonchev–Trinajstić information content (AvgIpc) is 3.47. The number of anilines is 1. The monoisotopic (exact) mass is 473 g/mol. The molecule has 10 nitrogen and oxygen atoms in total. The summed E-state index contributed by atoms with van der Waals surface area (Å²) in [5, 5.41) is 29.1. The average molecular weight is 474 g/mol. The lowest BCUT2D eigenvalue weighted by Crippen LogP contribution is -2.53. The van der Waals surface area contributed by atoms with Crippen LogP contribution in [0, 0.1) is 5.92 Å². The second-order valence-corrected chi connectivity index (χ2v) is 9.49. The highest BCUT2D eigenvalue weighted by molar-refractivity contribution is 5.90. The van der Waals surface area contributed by atoms with Gasteiger partial charge >= 0.3 is 0 Å². The molecule has 34 heavy (non-hydrogen) atoms. The molecule has 1 aromatic carbocycles. The second-order valence-electron chi connectivity index (χ2n) is 9.49. The third kappa shape index (κ3) is 5.86. The molecule has 0 radical (unpaired) electrons. The van der Waals surface area contributed by atoms with Crippen LogP contribution in [-0.4, -0.2) is 63.5 Å². The molecule has 2 aliphatic rings. The number of fused-ring (bicyclic) bond motifs is 1. The standard InChI is InChI=1S/C24H35N5O5/c25-22-17-9-8-16(12-20(17)34-28-22)13-27-23(32)19-7-4-10-29(19)24(33)18(26-14-21(30)31)11-15-5-2-1-3-6-15/h8-9,12,15,18-19,21,26,30-31H,1-7,10-11,13-14H2,(H2,25,28)(H,27,32)/t18-,19+/m1/s1. The van der Waals surface area contributed by atoms with Crippen LogP contribution in [0.5, 0.6) is 0 Å². The van der Waals surface area contributed by atoms with E-state index in [1.165, 1.54) is 6.42 Å². The fourth-order valence-corrected chi connectivity index (χ4v) is 5.20. The van der Waals surface area contributed by atoms with Crippen LogP contribution in [0.25, 0.3) is 11.0 Å². The highest BCUT2D eigenvalue weighted by Crippen LogP contribution is 2.29. The maximum atomic E-state index is 13.5. The van der Waals surface area contributed by atoms with Crippen molar-refractivity contribution < 1.29 is 24.3 Å². The van der Waals surface area contributed by atoms with Gasteiger partial charge in [-0.3, -0.25) is 9.59 Å². The molecular formula is C24H35N5O5. The number of nitrogens with one attached hydrogen (secondary N) is 2. The summed E-state index contributed by atoms with van der Waals surface area (Å²) in [6.45, 7) is 0.738. The molecule has 0 spiro atoms. The van der Waals surface area contributed by atoms with Crippen LogP contribution in [0.1, 0.15) is 56.9 Å². The number of likely N-dealkylation sites (tertiary alicyclic amines) is 1. The Morgan fingerprint density at radius 2 is 1.97 bits per heavy atom. The molecule has 186 valence electrons. The van der Waals surface area contributed by atoms with Crippen molar-refractivity contribution in [1.82, 2.24) is 20.7 Å². The Morgan fingerprint density at radius 3 is 2.74 bits per heavy atom. The molecule has 2 atom stereocenters. The highest BCUT2D eigenvalue weighted by atomic mass is 16.5. The van der Waals surface area contributed by atoms with Gasteiger partial charge in [0.2, 0.25) is 11.8 Å². The molecule has 0 unspecified atom stereocenters. The second kappa shape index (κ2) is 11.2. The van der Waals surface area contributed by atoms with Gasteiger partial charge in [0.25, 0.3) is 0 Å². The zero-order valence-corrected chi connectivity index (χ0v) is 19.4. The fraction of sp³-hybridized carbons (Fsp3) is 0.625. The van der Waals surface area contributed by atoms with E-state index in [1.807, 2.05) is 12.1 Å². The Balaban J connectivity index is 1.38. The van der Waals surface area contributed by atoms with Crippen LogP contribution < -0.4 is 16.4 Å². The number of carbonyl (C=O) groups excluding carboxylic acids is 2. The Kier molecular flexibility index (Phi) is 8.02. The lowest BCUT2D eigenvalue weighted by Gasteiger charge is -2.32. The summed E-state index contributed by atoms with van der Waals surface area (Å²) >= 11 is 0. The van der Waals surface area contributed by atoms with Crippen LogP contribution in [0.15, 0.2) is 22.7 Å². The maximum Gasteiger partial charge on any atom is 0.243 e. The fourth-order valence-electron chi connectivity index (χ4n) is 5.20. The van der Waals surface area contributed by atoms with Gasteiger partial charge in [0.05, 0.1) is 11.4 Å². The van der Waals surface area contributed by atoms with Gasteiger partial charge in [-0.2, -0.15) is 0 Å².